The van der Waals surface area contributed by atoms with Crippen LogP contribution in [-0.4, -0.2) is 0 Å². The number of benzene rings is 4. The lowest BCUT2D eigenvalue weighted by molar-refractivity contribution is 1.61. The van der Waals surface area contributed by atoms with Gasteiger partial charge in [-0.3, -0.25) is 0 Å². The molecule has 0 radical (unpaired) electrons. The Labute approximate surface area is 154 Å². The van der Waals surface area contributed by atoms with E-state index in [2.05, 4.69) is 115 Å². The normalized spacial score (nSPS) is 11.5. The molecule has 0 aliphatic carbocycles. The van der Waals surface area contributed by atoms with Crippen LogP contribution < -0.4 is 0 Å². The summed E-state index contributed by atoms with van der Waals surface area (Å²) in [5, 5.41) is 2.55. The van der Waals surface area contributed by atoms with Crippen LogP contribution in [0.25, 0.3) is 35.1 Å². The molecule has 0 nitrogen and oxygen atoms in total. The van der Waals surface area contributed by atoms with Crippen LogP contribution in [0.2, 0.25) is 0 Å². The summed E-state index contributed by atoms with van der Waals surface area (Å²) in [6.45, 7) is 0. The first kappa shape index (κ1) is 16.1. The van der Waals surface area contributed by atoms with E-state index in [0.29, 0.717) is 0 Å². The van der Waals surface area contributed by atoms with Gasteiger partial charge in [-0.05, 0) is 33.0 Å². The molecule has 4 aromatic carbocycles. The molecule has 0 spiro atoms. The molecular formula is C26H20. The maximum Gasteiger partial charge on any atom is -0.0111 e. The van der Waals surface area contributed by atoms with E-state index in [1.165, 1.54) is 33.0 Å². The highest BCUT2D eigenvalue weighted by Crippen LogP contribution is 2.22. The van der Waals surface area contributed by atoms with E-state index in [0.717, 1.165) is 0 Å². The second-order valence-corrected chi connectivity index (χ2v) is 6.27. The fourth-order valence-electron chi connectivity index (χ4n) is 3.14. The predicted octanol–water partition coefficient (Wildman–Crippen LogP) is 7.18. The van der Waals surface area contributed by atoms with Gasteiger partial charge < -0.3 is 0 Å². The lowest BCUT2D eigenvalue weighted by Crippen LogP contribution is -1.81. The van der Waals surface area contributed by atoms with Gasteiger partial charge in [-0.2, -0.15) is 0 Å². The van der Waals surface area contributed by atoms with Crippen LogP contribution in [-0.2, 0) is 0 Å². The van der Waals surface area contributed by atoms with Crippen molar-refractivity contribution >= 4 is 35.1 Å². The van der Waals surface area contributed by atoms with Crippen molar-refractivity contribution in [2.75, 3.05) is 0 Å². The Kier molecular flexibility index (Phi) is 4.75. The van der Waals surface area contributed by atoms with Crippen molar-refractivity contribution in [2.24, 2.45) is 0 Å². The van der Waals surface area contributed by atoms with E-state index in [1.54, 1.807) is 0 Å². The summed E-state index contributed by atoms with van der Waals surface area (Å²) in [5.41, 5.74) is 4.88. The quantitative estimate of drug-likeness (QED) is 0.347. The smallest absolute Gasteiger partial charge is 0.0111 e. The molecule has 0 unspecified atom stereocenters. The molecule has 0 saturated heterocycles. The molecule has 4 aromatic rings. The molecule has 4 rings (SSSR count). The molecule has 0 heterocycles. The van der Waals surface area contributed by atoms with E-state index in [-0.39, 0.29) is 0 Å². The van der Waals surface area contributed by atoms with Gasteiger partial charge in [0, 0.05) is 0 Å². The monoisotopic (exact) mass is 332 g/mol. The van der Waals surface area contributed by atoms with E-state index >= 15 is 0 Å². The Hall–Kier alpha value is -3.38. The van der Waals surface area contributed by atoms with E-state index < -0.39 is 0 Å². The zero-order valence-corrected chi connectivity index (χ0v) is 14.5. The van der Waals surface area contributed by atoms with Gasteiger partial charge in [0.2, 0.25) is 0 Å². The van der Waals surface area contributed by atoms with Crippen molar-refractivity contribution in [1.29, 1.82) is 0 Å². The second-order valence-electron chi connectivity index (χ2n) is 6.27. The average Bonchev–Trinajstić information content (AvgIpc) is 2.72. The van der Waals surface area contributed by atoms with E-state index in [9.17, 15) is 0 Å². The Morgan fingerprint density at radius 2 is 0.923 bits per heavy atom. The summed E-state index contributed by atoms with van der Waals surface area (Å²) < 4.78 is 0. The zero-order valence-electron chi connectivity index (χ0n) is 14.5. The molecule has 0 atom stereocenters. The first-order chi connectivity index (χ1) is 12.9. The fourth-order valence-corrected chi connectivity index (χ4v) is 3.14. The third-order valence-electron chi connectivity index (χ3n) is 4.52. The molecule has 26 heavy (non-hydrogen) atoms. The Balaban J connectivity index is 1.66. The van der Waals surface area contributed by atoms with Gasteiger partial charge in [0.15, 0.2) is 0 Å². The maximum atomic E-state index is 2.21. The number of hydrogen-bond donors (Lipinski definition) is 0. The number of fused-ring (bicyclic) bond motifs is 1. The number of hydrogen-bond acceptors (Lipinski definition) is 0. The molecule has 0 heteroatoms. The van der Waals surface area contributed by atoms with E-state index in [1.807, 2.05) is 6.07 Å². The summed E-state index contributed by atoms with van der Waals surface area (Å²) in [5.74, 6) is 0. The fraction of sp³-hybridized carbons (Fsp3) is 0. The van der Waals surface area contributed by atoms with Gasteiger partial charge in [0.25, 0.3) is 0 Å². The lowest BCUT2D eigenvalue weighted by atomic mass is 10.0. The molecule has 0 bridgehead atoms. The largest absolute Gasteiger partial charge is 0.0622 e. The summed E-state index contributed by atoms with van der Waals surface area (Å²) >= 11 is 0. The lowest BCUT2D eigenvalue weighted by Gasteiger charge is -2.03. The maximum absolute atomic E-state index is 2.21. The van der Waals surface area contributed by atoms with Gasteiger partial charge >= 0.3 is 0 Å². The van der Waals surface area contributed by atoms with Gasteiger partial charge in [0.1, 0.15) is 0 Å². The van der Waals surface area contributed by atoms with Crippen molar-refractivity contribution in [3.63, 3.8) is 0 Å². The predicted molar refractivity (Wildman–Crippen MR) is 115 cm³/mol. The summed E-state index contributed by atoms with van der Waals surface area (Å²) in [6.07, 6.45) is 8.74. The molecule has 124 valence electrons. The Morgan fingerprint density at radius 1 is 0.385 bits per heavy atom. The summed E-state index contributed by atoms with van der Waals surface area (Å²) in [6, 6.07) is 33.8. The van der Waals surface area contributed by atoms with Gasteiger partial charge in [0.05, 0.1) is 0 Å². The van der Waals surface area contributed by atoms with Crippen LogP contribution in [0.15, 0.2) is 97.1 Å². The van der Waals surface area contributed by atoms with Gasteiger partial charge in [-0.25, -0.2) is 0 Å². The molecule has 0 aromatic heterocycles. The number of rotatable bonds is 4. The van der Waals surface area contributed by atoms with Crippen molar-refractivity contribution in [2.45, 2.75) is 0 Å². The molecule has 0 fully saturated rings. The second kappa shape index (κ2) is 7.67. The van der Waals surface area contributed by atoms with Crippen LogP contribution >= 0.6 is 0 Å². The van der Waals surface area contributed by atoms with E-state index in [4.69, 9.17) is 0 Å². The van der Waals surface area contributed by atoms with Crippen molar-refractivity contribution < 1.29 is 0 Å². The molecular weight excluding hydrogens is 312 g/mol. The minimum absolute atomic E-state index is 1.21. The first-order valence-electron chi connectivity index (χ1n) is 8.88. The third kappa shape index (κ3) is 3.65. The zero-order chi connectivity index (χ0) is 17.6. The van der Waals surface area contributed by atoms with Crippen LogP contribution in [0.5, 0.6) is 0 Å². The van der Waals surface area contributed by atoms with Crippen LogP contribution in [0, 0.1) is 0 Å². The van der Waals surface area contributed by atoms with Crippen LogP contribution in [0.1, 0.15) is 22.3 Å². The Morgan fingerprint density at radius 3 is 1.73 bits per heavy atom. The van der Waals surface area contributed by atoms with Crippen LogP contribution in [0.3, 0.4) is 0 Å². The summed E-state index contributed by atoms with van der Waals surface area (Å²) in [4.78, 5) is 0. The van der Waals surface area contributed by atoms with Crippen molar-refractivity contribution in [1.82, 2.24) is 0 Å². The molecule has 0 aliphatic heterocycles. The van der Waals surface area contributed by atoms with Crippen LogP contribution in [0.4, 0.5) is 0 Å². The molecule has 0 amide bonds. The topological polar surface area (TPSA) is 0 Å². The average molecular weight is 332 g/mol. The molecule has 0 saturated carbocycles. The SMILES string of the molecule is C(=Cc1ccccc1C=Cc1cccc2ccccc12)c1ccccc1. The summed E-state index contributed by atoms with van der Waals surface area (Å²) in [7, 11) is 0. The minimum atomic E-state index is 1.21. The third-order valence-corrected chi connectivity index (χ3v) is 4.52. The van der Waals surface area contributed by atoms with Crippen molar-refractivity contribution in [3.05, 3.63) is 119 Å². The highest BCUT2D eigenvalue weighted by atomic mass is 14.0. The molecule has 0 N–H and O–H groups in total. The minimum Gasteiger partial charge on any atom is -0.0622 e. The standard InChI is InChI=1S/C26H20/c1-2-9-21(10-3-1)17-18-22-11-4-5-12-23(22)19-20-25-15-8-14-24-13-6-7-16-26(24)25/h1-20H. The highest BCUT2D eigenvalue weighted by molar-refractivity contribution is 5.93. The van der Waals surface area contributed by atoms with Crippen molar-refractivity contribution in [3.8, 4) is 0 Å². The highest BCUT2D eigenvalue weighted by Gasteiger charge is 1.98. The Bertz CT molecular complexity index is 1060. The molecule has 0 aliphatic rings. The van der Waals surface area contributed by atoms with Gasteiger partial charge in [-0.15, -0.1) is 0 Å². The van der Waals surface area contributed by atoms with Gasteiger partial charge in [-0.1, -0.05) is 121 Å². The first-order valence-corrected chi connectivity index (χ1v) is 8.88.